The van der Waals surface area contributed by atoms with Gasteiger partial charge in [0.2, 0.25) is 5.91 Å². The molecule has 174 valence electrons. The third kappa shape index (κ3) is 3.96. The number of aryl methyl sites for hydroxylation is 2. The lowest BCUT2D eigenvalue weighted by molar-refractivity contribution is -0.133. The monoisotopic (exact) mass is 455 g/mol. The Labute approximate surface area is 199 Å². The first-order valence-corrected chi connectivity index (χ1v) is 11.5. The summed E-state index contributed by atoms with van der Waals surface area (Å²) in [4.78, 5) is 21.4. The first-order valence-electron chi connectivity index (χ1n) is 11.5. The van der Waals surface area contributed by atoms with E-state index in [1.807, 2.05) is 54.4 Å². The first-order chi connectivity index (χ1) is 16.4. The molecule has 8 heteroatoms. The molecule has 0 N–H and O–H groups in total. The Morgan fingerprint density at radius 3 is 2.47 bits per heavy atom. The highest BCUT2D eigenvalue weighted by Crippen LogP contribution is 2.32. The quantitative estimate of drug-likeness (QED) is 0.430. The lowest BCUT2D eigenvalue weighted by Crippen LogP contribution is -2.50. The molecule has 5 rings (SSSR count). The molecule has 4 aromatic rings. The Hall–Kier alpha value is -3.94. The summed E-state index contributed by atoms with van der Waals surface area (Å²) in [6.07, 6.45) is 11.4. The third-order valence-corrected chi connectivity index (χ3v) is 6.55. The van der Waals surface area contributed by atoms with Crippen LogP contribution in [-0.4, -0.2) is 61.4 Å². The van der Waals surface area contributed by atoms with Crippen molar-refractivity contribution in [2.45, 2.75) is 13.8 Å². The zero-order valence-corrected chi connectivity index (χ0v) is 19.8. The number of anilines is 1. The van der Waals surface area contributed by atoms with Crippen molar-refractivity contribution in [2.75, 3.05) is 31.1 Å². The number of fused-ring (bicyclic) bond motifs is 1. The number of nitrogens with zero attached hydrogens (tertiary/aromatic N) is 7. The molecule has 1 aliphatic rings. The summed E-state index contributed by atoms with van der Waals surface area (Å²) in [5.41, 5.74) is 6.41. The number of piperazine rings is 1. The molecule has 0 saturated carbocycles. The van der Waals surface area contributed by atoms with Gasteiger partial charge in [-0.3, -0.25) is 9.48 Å². The fourth-order valence-corrected chi connectivity index (χ4v) is 4.50. The standard InChI is InChI=1S/C26H29N7O/c1-5-18(2)26(34)32-10-8-31(9-11-32)24-7-6-20(14-27-24)23-12-21(22-15-28-30(4)16-22)17-33-25(23)19(3)13-29-33/h5-7,12-18H,1,8-11H2,2-4H3. The van der Waals surface area contributed by atoms with Crippen LogP contribution in [-0.2, 0) is 11.8 Å². The molecule has 0 aromatic carbocycles. The van der Waals surface area contributed by atoms with Gasteiger partial charge in [0.25, 0.3) is 0 Å². The molecule has 4 aromatic heterocycles. The number of hydrogen-bond acceptors (Lipinski definition) is 5. The van der Waals surface area contributed by atoms with Crippen LogP contribution in [0.15, 0.2) is 61.8 Å². The highest BCUT2D eigenvalue weighted by Gasteiger charge is 2.24. The van der Waals surface area contributed by atoms with Gasteiger partial charge in [-0.25, -0.2) is 9.50 Å². The van der Waals surface area contributed by atoms with Gasteiger partial charge in [-0.15, -0.1) is 6.58 Å². The van der Waals surface area contributed by atoms with E-state index in [4.69, 9.17) is 4.98 Å². The van der Waals surface area contributed by atoms with Crippen molar-refractivity contribution < 1.29 is 4.79 Å². The second-order valence-corrected chi connectivity index (χ2v) is 8.91. The van der Waals surface area contributed by atoms with E-state index in [0.717, 1.165) is 52.2 Å². The Morgan fingerprint density at radius 2 is 1.82 bits per heavy atom. The minimum Gasteiger partial charge on any atom is -0.353 e. The summed E-state index contributed by atoms with van der Waals surface area (Å²) in [5, 5.41) is 8.86. The Balaban J connectivity index is 1.41. The van der Waals surface area contributed by atoms with E-state index in [9.17, 15) is 4.79 Å². The molecule has 0 radical (unpaired) electrons. The summed E-state index contributed by atoms with van der Waals surface area (Å²) in [6, 6.07) is 6.37. The molecule has 0 aliphatic carbocycles. The topological polar surface area (TPSA) is 71.6 Å². The van der Waals surface area contributed by atoms with E-state index < -0.39 is 0 Å². The molecule has 8 nitrogen and oxygen atoms in total. The summed E-state index contributed by atoms with van der Waals surface area (Å²) in [7, 11) is 1.92. The molecule has 1 aliphatic heterocycles. The molecule has 0 spiro atoms. The molecule has 1 amide bonds. The number of amides is 1. The van der Waals surface area contributed by atoms with Crippen LogP contribution in [0.2, 0.25) is 0 Å². The van der Waals surface area contributed by atoms with Crippen molar-refractivity contribution in [3.05, 3.63) is 67.4 Å². The largest absolute Gasteiger partial charge is 0.353 e. The molecule has 34 heavy (non-hydrogen) atoms. The van der Waals surface area contributed by atoms with Gasteiger partial charge in [0.15, 0.2) is 0 Å². The van der Waals surface area contributed by atoms with Gasteiger partial charge in [0.05, 0.1) is 23.8 Å². The first kappa shape index (κ1) is 21.9. The molecule has 0 bridgehead atoms. The number of carbonyl (C=O) groups excluding carboxylic acids is 1. The van der Waals surface area contributed by atoms with Crippen LogP contribution in [0.3, 0.4) is 0 Å². The predicted molar refractivity (Wildman–Crippen MR) is 134 cm³/mol. The maximum absolute atomic E-state index is 12.4. The highest BCUT2D eigenvalue weighted by atomic mass is 16.2. The molecule has 1 atom stereocenters. The van der Waals surface area contributed by atoms with Gasteiger partial charge in [-0.2, -0.15) is 10.2 Å². The van der Waals surface area contributed by atoms with Crippen molar-refractivity contribution in [3.8, 4) is 22.3 Å². The number of rotatable bonds is 5. The normalized spacial score (nSPS) is 15.0. The molecular formula is C26H29N7O. The van der Waals surface area contributed by atoms with Crippen LogP contribution < -0.4 is 4.90 Å². The zero-order valence-electron chi connectivity index (χ0n) is 19.8. The van der Waals surface area contributed by atoms with Gasteiger partial charge in [0.1, 0.15) is 5.82 Å². The van der Waals surface area contributed by atoms with Crippen molar-refractivity contribution in [3.63, 3.8) is 0 Å². The van der Waals surface area contributed by atoms with Gasteiger partial charge in [0, 0.05) is 74.1 Å². The average Bonchev–Trinajstić information content (AvgIpc) is 3.48. The van der Waals surface area contributed by atoms with Crippen molar-refractivity contribution >= 4 is 17.2 Å². The van der Waals surface area contributed by atoms with Crippen LogP contribution in [0.25, 0.3) is 27.8 Å². The second kappa shape index (κ2) is 8.78. The molecule has 5 heterocycles. The fraction of sp³-hybridized carbons (Fsp3) is 0.308. The maximum atomic E-state index is 12.4. The number of aromatic nitrogens is 5. The van der Waals surface area contributed by atoms with Crippen LogP contribution in [0.1, 0.15) is 12.5 Å². The Bertz CT molecular complexity index is 1340. The van der Waals surface area contributed by atoms with E-state index in [-0.39, 0.29) is 11.8 Å². The van der Waals surface area contributed by atoms with Crippen molar-refractivity contribution in [1.29, 1.82) is 0 Å². The maximum Gasteiger partial charge on any atom is 0.229 e. The summed E-state index contributed by atoms with van der Waals surface area (Å²) >= 11 is 0. The van der Waals surface area contributed by atoms with E-state index in [1.165, 1.54) is 0 Å². The van der Waals surface area contributed by atoms with E-state index in [1.54, 1.807) is 10.8 Å². The second-order valence-electron chi connectivity index (χ2n) is 8.91. The van der Waals surface area contributed by atoms with Crippen LogP contribution in [0, 0.1) is 12.8 Å². The molecular weight excluding hydrogens is 426 g/mol. The van der Waals surface area contributed by atoms with Gasteiger partial charge in [-0.05, 0) is 30.7 Å². The predicted octanol–water partition coefficient (Wildman–Crippen LogP) is 3.58. The average molecular weight is 456 g/mol. The van der Waals surface area contributed by atoms with Gasteiger partial charge >= 0.3 is 0 Å². The van der Waals surface area contributed by atoms with E-state index in [2.05, 4.69) is 46.8 Å². The molecule has 1 fully saturated rings. The minimum atomic E-state index is -0.143. The third-order valence-electron chi connectivity index (χ3n) is 6.55. The van der Waals surface area contributed by atoms with E-state index in [0.29, 0.717) is 13.1 Å². The van der Waals surface area contributed by atoms with Crippen LogP contribution in [0.4, 0.5) is 5.82 Å². The van der Waals surface area contributed by atoms with Gasteiger partial charge in [-0.1, -0.05) is 13.0 Å². The summed E-state index contributed by atoms with van der Waals surface area (Å²) in [5.74, 6) is 0.930. The SMILES string of the molecule is C=CC(C)C(=O)N1CCN(c2ccc(-c3cc(-c4cnn(C)c4)cn4ncc(C)c34)cn2)CC1. The molecule has 1 unspecified atom stereocenters. The van der Waals surface area contributed by atoms with Crippen LogP contribution >= 0.6 is 0 Å². The summed E-state index contributed by atoms with van der Waals surface area (Å²) in [6.45, 7) is 10.6. The number of carbonyl (C=O) groups is 1. The lowest BCUT2D eigenvalue weighted by Gasteiger charge is -2.36. The number of hydrogen-bond donors (Lipinski definition) is 0. The smallest absolute Gasteiger partial charge is 0.229 e. The van der Waals surface area contributed by atoms with Crippen molar-refractivity contribution in [1.82, 2.24) is 29.3 Å². The summed E-state index contributed by atoms with van der Waals surface area (Å²) < 4.78 is 3.73. The lowest BCUT2D eigenvalue weighted by atomic mass is 10.0. The van der Waals surface area contributed by atoms with Crippen LogP contribution in [0.5, 0.6) is 0 Å². The Kier molecular flexibility index (Phi) is 5.65. The Morgan fingerprint density at radius 1 is 1.03 bits per heavy atom. The van der Waals surface area contributed by atoms with E-state index >= 15 is 0 Å². The van der Waals surface area contributed by atoms with Crippen molar-refractivity contribution in [2.24, 2.45) is 13.0 Å². The fourth-order valence-electron chi connectivity index (χ4n) is 4.50. The highest BCUT2D eigenvalue weighted by molar-refractivity contribution is 5.86. The minimum absolute atomic E-state index is 0.143. The van der Waals surface area contributed by atoms with Gasteiger partial charge < -0.3 is 9.80 Å². The number of pyridine rings is 2. The molecule has 1 saturated heterocycles. The zero-order chi connectivity index (χ0) is 23.8.